The molecular formula is C14H16N2O5. The molecule has 1 amide bonds. The van der Waals surface area contributed by atoms with Gasteiger partial charge in [0, 0.05) is 19.2 Å². The van der Waals surface area contributed by atoms with Crippen LogP contribution in [0.3, 0.4) is 0 Å². The van der Waals surface area contributed by atoms with Crippen molar-refractivity contribution in [1.29, 1.82) is 0 Å². The quantitative estimate of drug-likeness (QED) is 0.477. The van der Waals surface area contributed by atoms with Crippen molar-refractivity contribution in [2.75, 3.05) is 33.4 Å². The minimum Gasteiger partial charge on any atom is -0.497 e. The van der Waals surface area contributed by atoms with Crippen LogP contribution in [0.5, 0.6) is 5.75 Å². The Morgan fingerprint density at radius 2 is 2.14 bits per heavy atom. The number of carbonyl (C=O) groups excluding carboxylic acids is 1. The molecule has 0 spiro atoms. The summed E-state index contributed by atoms with van der Waals surface area (Å²) in [4.78, 5) is 24.2. The van der Waals surface area contributed by atoms with E-state index in [9.17, 15) is 14.9 Å². The minimum absolute atomic E-state index is 0.0969. The number of hydrogen-bond acceptors (Lipinski definition) is 5. The molecule has 1 aliphatic rings. The maximum Gasteiger partial charge on any atom is 0.280 e. The summed E-state index contributed by atoms with van der Waals surface area (Å²) in [6.45, 7) is 2.10. The molecule has 1 aliphatic heterocycles. The molecule has 0 saturated carbocycles. The Labute approximate surface area is 121 Å². The third-order valence-electron chi connectivity index (χ3n) is 3.16. The Balaban J connectivity index is 2.16. The van der Waals surface area contributed by atoms with Crippen molar-refractivity contribution in [2.24, 2.45) is 0 Å². The minimum atomic E-state index is -0.499. The zero-order valence-electron chi connectivity index (χ0n) is 11.7. The number of methoxy groups -OCH3 is 1. The lowest BCUT2D eigenvalue weighted by molar-refractivity contribution is -0.385. The first-order valence-electron chi connectivity index (χ1n) is 6.49. The molecule has 0 aromatic heterocycles. The average Bonchev–Trinajstić information content (AvgIpc) is 2.53. The first-order chi connectivity index (χ1) is 10.1. The number of nitrogens with zero attached hydrogens (tertiary/aromatic N) is 2. The smallest absolute Gasteiger partial charge is 0.280 e. The van der Waals surface area contributed by atoms with Crippen LogP contribution in [0.2, 0.25) is 0 Å². The number of ether oxygens (including phenoxy) is 2. The van der Waals surface area contributed by atoms with Crippen molar-refractivity contribution in [3.63, 3.8) is 0 Å². The molecule has 0 N–H and O–H groups in total. The molecule has 7 nitrogen and oxygen atoms in total. The highest BCUT2D eigenvalue weighted by Gasteiger charge is 2.16. The Hall–Kier alpha value is -2.41. The number of amides is 1. The van der Waals surface area contributed by atoms with Crippen LogP contribution in [-0.2, 0) is 9.53 Å². The maximum atomic E-state index is 12.0. The van der Waals surface area contributed by atoms with E-state index in [2.05, 4.69) is 0 Å². The topological polar surface area (TPSA) is 81.9 Å². The van der Waals surface area contributed by atoms with Crippen molar-refractivity contribution in [3.8, 4) is 5.75 Å². The Morgan fingerprint density at radius 1 is 1.43 bits per heavy atom. The van der Waals surface area contributed by atoms with E-state index in [0.29, 0.717) is 37.6 Å². The van der Waals surface area contributed by atoms with Gasteiger partial charge in [-0.15, -0.1) is 0 Å². The summed E-state index contributed by atoms with van der Waals surface area (Å²) in [6, 6.07) is 4.50. The summed E-state index contributed by atoms with van der Waals surface area (Å²) in [5.74, 6) is 0.224. The largest absolute Gasteiger partial charge is 0.497 e. The van der Waals surface area contributed by atoms with Gasteiger partial charge in [0.25, 0.3) is 5.69 Å². The number of rotatable bonds is 4. The number of hydrogen-bond donors (Lipinski definition) is 0. The second-order valence-electron chi connectivity index (χ2n) is 4.45. The summed E-state index contributed by atoms with van der Waals surface area (Å²) in [7, 11) is 1.44. The zero-order valence-corrected chi connectivity index (χ0v) is 11.7. The van der Waals surface area contributed by atoms with Crippen LogP contribution >= 0.6 is 0 Å². The highest BCUT2D eigenvalue weighted by molar-refractivity contribution is 5.92. The number of morpholine rings is 1. The van der Waals surface area contributed by atoms with Crippen LogP contribution in [0.1, 0.15) is 5.56 Å². The van der Waals surface area contributed by atoms with Crippen LogP contribution in [0, 0.1) is 10.1 Å². The third-order valence-corrected chi connectivity index (χ3v) is 3.16. The first-order valence-corrected chi connectivity index (χ1v) is 6.49. The van der Waals surface area contributed by atoms with Gasteiger partial charge in [-0.1, -0.05) is 0 Å². The van der Waals surface area contributed by atoms with Crippen molar-refractivity contribution in [3.05, 3.63) is 40.0 Å². The van der Waals surface area contributed by atoms with Gasteiger partial charge in [-0.05, 0) is 18.2 Å². The van der Waals surface area contributed by atoms with Gasteiger partial charge in [-0.3, -0.25) is 14.9 Å². The summed E-state index contributed by atoms with van der Waals surface area (Å²) < 4.78 is 10.1. The Morgan fingerprint density at radius 3 is 2.76 bits per heavy atom. The number of nitro benzene ring substituents is 1. The molecule has 1 heterocycles. The van der Waals surface area contributed by atoms with Gasteiger partial charge in [0.1, 0.15) is 5.75 Å². The van der Waals surface area contributed by atoms with Gasteiger partial charge >= 0.3 is 0 Å². The number of nitro groups is 1. The van der Waals surface area contributed by atoms with Crippen molar-refractivity contribution < 1.29 is 19.2 Å². The fraction of sp³-hybridized carbons (Fsp3) is 0.357. The van der Waals surface area contributed by atoms with Crippen molar-refractivity contribution in [1.82, 2.24) is 4.90 Å². The average molecular weight is 292 g/mol. The van der Waals surface area contributed by atoms with E-state index >= 15 is 0 Å². The lowest BCUT2D eigenvalue weighted by Gasteiger charge is -2.25. The van der Waals surface area contributed by atoms with Crippen molar-refractivity contribution in [2.45, 2.75) is 0 Å². The molecular weight excluding hydrogens is 276 g/mol. The van der Waals surface area contributed by atoms with E-state index in [1.165, 1.54) is 25.3 Å². The van der Waals surface area contributed by atoms with E-state index in [-0.39, 0.29) is 11.6 Å². The van der Waals surface area contributed by atoms with Crippen LogP contribution in [0.4, 0.5) is 5.69 Å². The van der Waals surface area contributed by atoms with Gasteiger partial charge in [0.15, 0.2) is 0 Å². The predicted molar refractivity (Wildman–Crippen MR) is 76.1 cm³/mol. The number of benzene rings is 1. The molecule has 7 heteroatoms. The molecule has 0 bridgehead atoms. The zero-order chi connectivity index (χ0) is 15.2. The second-order valence-corrected chi connectivity index (χ2v) is 4.45. The molecule has 0 radical (unpaired) electrons. The maximum absolute atomic E-state index is 12.0. The van der Waals surface area contributed by atoms with Gasteiger partial charge in [0.05, 0.1) is 36.9 Å². The molecule has 0 aliphatic carbocycles. The molecule has 112 valence electrons. The lowest BCUT2D eigenvalue weighted by Crippen LogP contribution is -2.39. The summed E-state index contributed by atoms with van der Waals surface area (Å²) in [6.07, 6.45) is 2.80. The molecule has 1 aromatic carbocycles. The van der Waals surface area contributed by atoms with Gasteiger partial charge < -0.3 is 14.4 Å². The van der Waals surface area contributed by atoms with E-state index in [0.717, 1.165) is 0 Å². The normalized spacial score (nSPS) is 15.2. The standard InChI is InChI=1S/C14H16N2O5/c1-20-12-4-2-11(13(10-12)16(18)19)3-5-14(17)15-6-8-21-9-7-15/h2-5,10H,6-9H2,1H3/b5-3+. The van der Waals surface area contributed by atoms with Crippen LogP contribution in [-0.4, -0.2) is 49.1 Å². The van der Waals surface area contributed by atoms with E-state index in [1.807, 2.05) is 0 Å². The van der Waals surface area contributed by atoms with E-state index < -0.39 is 4.92 Å². The van der Waals surface area contributed by atoms with Gasteiger partial charge in [-0.25, -0.2) is 0 Å². The van der Waals surface area contributed by atoms with Crippen LogP contribution < -0.4 is 4.74 Å². The summed E-state index contributed by atoms with van der Waals surface area (Å²) >= 11 is 0. The Bertz CT molecular complexity index is 564. The van der Waals surface area contributed by atoms with Crippen LogP contribution in [0.25, 0.3) is 6.08 Å². The van der Waals surface area contributed by atoms with E-state index in [1.54, 1.807) is 17.0 Å². The van der Waals surface area contributed by atoms with Crippen LogP contribution in [0.15, 0.2) is 24.3 Å². The number of carbonyl (C=O) groups is 1. The molecule has 2 rings (SSSR count). The monoisotopic (exact) mass is 292 g/mol. The highest BCUT2D eigenvalue weighted by Crippen LogP contribution is 2.25. The molecule has 1 aromatic rings. The first kappa shape index (κ1) is 15.0. The summed E-state index contributed by atoms with van der Waals surface area (Å²) in [5, 5.41) is 11.0. The highest BCUT2D eigenvalue weighted by atomic mass is 16.6. The molecule has 1 fully saturated rings. The predicted octanol–water partition coefficient (Wildman–Crippen LogP) is 1.48. The molecule has 0 atom stereocenters. The lowest BCUT2D eigenvalue weighted by atomic mass is 10.1. The van der Waals surface area contributed by atoms with Gasteiger partial charge in [-0.2, -0.15) is 0 Å². The molecule has 0 unspecified atom stereocenters. The SMILES string of the molecule is COc1ccc(/C=C/C(=O)N2CCOCC2)c([N+](=O)[O-])c1. The third kappa shape index (κ3) is 3.79. The van der Waals surface area contributed by atoms with Crippen molar-refractivity contribution >= 4 is 17.7 Å². The molecule has 1 saturated heterocycles. The fourth-order valence-electron chi connectivity index (χ4n) is 2.00. The second kappa shape index (κ2) is 6.85. The summed E-state index contributed by atoms with van der Waals surface area (Å²) in [5.41, 5.74) is 0.266. The molecule has 21 heavy (non-hydrogen) atoms. The fourth-order valence-corrected chi connectivity index (χ4v) is 2.00. The Kier molecular flexibility index (Phi) is 4.89. The van der Waals surface area contributed by atoms with E-state index in [4.69, 9.17) is 9.47 Å². The van der Waals surface area contributed by atoms with Gasteiger partial charge in [0.2, 0.25) is 5.91 Å².